The maximum atomic E-state index is 12.0. The van der Waals surface area contributed by atoms with Gasteiger partial charge in [-0.2, -0.15) is 9.59 Å². The smallest absolute Gasteiger partial charge is 0.373 e. The summed E-state index contributed by atoms with van der Waals surface area (Å²) in [4.78, 5) is 31.8. The highest BCUT2D eigenvalue weighted by Gasteiger charge is 2.17. The molecule has 58 heavy (non-hydrogen) atoms. The minimum absolute atomic E-state index is 0.250. The van der Waals surface area contributed by atoms with Crippen LogP contribution in [-0.2, 0) is 20.7 Å². The minimum Gasteiger partial charge on any atom is -0.462 e. The van der Waals surface area contributed by atoms with Crippen molar-refractivity contribution in [1.82, 2.24) is 0 Å². The summed E-state index contributed by atoms with van der Waals surface area (Å²) in [7, 11) is 12.5. The van der Waals surface area contributed by atoms with Gasteiger partial charge >= 0.3 is 12.1 Å². The fourth-order valence-electron chi connectivity index (χ4n) is 4.72. The van der Waals surface area contributed by atoms with Gasteiger partial charge in [0, 0.05) is 23.3 Å². The van der Waals surface area contributed by atoms with E-state index in [1.165, 1.54) is 16.9 Å². The standard InChI is InChI=1S/C47H46N2O4S2.CO2/c1-9-35-11-13-36(14-12-35)17-23-41-27-29-43(54-41)25-21-39-31-46(53-34-49(6,7)8)40(32-45(39)52-33-48(3,4)5)22-26-44-30-28-42(55-44)24-18-37-15-19-38(20-16-37)47(50)51-10-2;2-1-3/h11-16,19-20,27-32H,9-10,33-34H2,1-8H3;/q+2;. The molecule has 8 nitrogen and oxygen atoms in total. The molecule has 0 N–H and O–H groups in total. The van der Waals surface area contributed by atoms with Gasteiger partial charge in [-0.15, -0.1) is 22.7 Å². The van der Waals surface area contributed by atoms with Crippen LogP contribution in [0, 0.1) is 47.4 Å². The lowest BCUT2D eigenvalue weighted by atomic mass is 10.1. The second-order valence-electron chi connectivity index (χ2n) is 14.7. The topological polar surface area (TPSA) is 78.9 Å². The third-order valence-electron chi connectivity index (χ3n) is 7.57. The molecular formula is C48H46N2O6S2+2. The Morgan fingerprint density at radius 1 is 0.552 bits per heavy atom. The van der Waals surface area contributed by atoms with E-state index in [2.05, 4.69) is 121 Å². The molecule has 0 atom stereocenters. The predicted molar refractivity (Wildman–Crippen MR) is 229 cm³/mol. The zero-order valence-corrected chi connectivity index (χ0v) is 35.7. The van der Waals surface area contributed by atoms with E-state index < -0.39 is 0 Å². The molecule has 2 aromatic heterocycles. The SMILES string of the molecule is CCOC(=O)c1ccc(C#Cc2ccc(C#Cc3cc(OC[N+](C)(C)C)c(C#Cc4ccc(C#Cc5ccc(CC)cc5)s4)cc3OC[N+](C)(C)C)s2)cc1.O=C=O. The summed E-state index contributed by atoms with van der Waals surface area (Å²) < 4.78 is 19.0. The van der Waals surface area contributed by atoms with Gasteiger partial charge in [-0.1, -0.05) is 66.4 Å². The van der Waals surface area contributed by atoms with Crippen LogP contribution in [0.4, 0.5) is 0 Å². The van der Waals surface area contributed by atoms with Gasteiger partial charge in [0.1, 0.15) is 11.5 Å². The van der Waals surface area contributed by atoms with E-state index in [1.807, 2.05) is 48.5 Å². The van der Waals surface area contributed by atoms with Crippen molar-refractivity contribution in [3.8, 4) is 58.9 Å². The third kappa shape index (κ3) is 15.0. The van der Waals surface area contributed by atoms with Crippen LogP contribution < -0.4 is 9.47 Å². The molecule has 2 heterocycles. The van der Waals surface area contributed by atoms with Crippen molar-refractivity contribution in [2.45, 2.75) is 20.3 Å². The van der Waals surface area contributed by atoms with Crippen LogP contribution in [0.15, 0.2) is 84.9 Å². The van der Waals surface area contributed by atoms with Crippen molar-refractivity contribution in [2.75, 3.05) is 62.4 Å². The van der Waals surface area contributed by atoms with Crippen LogP contribution in [0.5, 0.6) is 11.5 Å². The van der Waals surface area contributed by atoms with Crippen LogP contribution in [0.2, 0.25) is 0 Å². The van der Waals surface area contributed by atoms with Gasteiger partial charge in [-0.05, 0) is 79.6 Å². The summed E-state index contributed by atoms with van der Waals surface area (Å²) >= 11 is 3.08. The van der Waals surface area contributed by atoms with Crippen molar-refractivity contribution in [3.05, 3.63) is 138 Å². The van der Waals surface area contributed by atoms with E-state index in [0.29, 0.717) is 51.7 Å². The number of carbonyl (C=O) groups is 1. The number of rotatable bonds is 9. The molecule has 0 aliphatic heterocycles. The third-order valence-corrected chi connectivity index (χ3v) is 9.40. The Kier molecular flexibility index (Phi) is 16.3. The number of esters is 1. The van der Waals surface area contributed by atoms with Gasteiger partial charge in [-0.25, -0.2) is 4.79 Å². The number of carbonyl (C=O) groups excluding carboxylic acids is 3. The molecule has 3 aromatic carbocycles. The lowest BCUT2D eigenvalue weighted by molar-refractivity contribution is -0.886. The molecular weight excluding hydrogens is 765 g/mol. The van der Waals surface area contributed by atoms with E-state index in [9.17, 15) is 4.79 Å². The Hall–Kier alpha value is -6.33. The number of thiophene rings is 2. The quantitative estimate of drug-likeness (QED) is 0.0660. The highest BCUT2D eigenvalue weighted by atomic mass is 32.1. The first-order valence-electron chi connectivity index (χ1n) is 18.4. The van der Waals surface area contributed by atoms with Gasteiger partial charge < -0.3 is 14.2 Å². The maximum absolute atomic E-state index is 12.0. The van der Waals surface area contributed by atoms with Gasteiger partial charge in [0.05, 0.1) is 85.1 Å². The zero-order valence-electron chi connectivity index (χ0n) is 34.1. The highest BCUT2D eigenvalue weighted by molar-refractivity contribution is 7.13. The summed E-state index contributed by atoms with van der Waals surface area (Å²) in [5.41, 5.74) is 5.02. The fourth-order valence-corrected chi connectivity index (χ4v) is 6.14. The Labute approximate surface area is 350 Å². The Balaban J connectivity index is 0.00000240. The molecule has 0 amide bonds. The Morgan fingerprint density at radius 2 is 0.931 bits per heavy atom. The fraction of sp³-hybridized carbons (Fsp3) is 0.250. The molecule has 0 aliphatic carbocycles. The predicted octanol–water partition coefficient (Wildman–Crippen LogP) is 7.65. The molecule has 0 radical (unpaired) electrons. The molecule has 294 valence electrons. The van der Waals surface area contributed by atoms with Crippen LogP contribution in [0.3, 0.4) is 0 Å². The highest BCUT2D eigenvalue weighted by Crippen LogP contribution is 2.30. The zero-order chi connectivity index (χ0) is 42.1. The van der Waals surface area contributed by atoms with Crippen molar-refractivity contribution >= 4 is 34.8 Å². The van der Waals surface area contributed by atoms with Gasteiger partial charge in [0.15, 0.2) is 0 Å². The molecule has 0 spiro atoms. The molecule has 10 heteroatoms. The van der Waals surface area contributed by atoms with Gasteiger partial charge in [0.25, 0.3) is 0 Å². The maximum Gasteiger partial charge on any atom is 0.373 e. The van der Waals surface area contributed by atoms with E-state index in [4.69, 9.17) is 23.8 Å². The second-order valence-corrected chi connectivity index (χ2v) is 16.9. The monoisotopic (exact) mass is 810 g/mol. The van der Waals surface area contributed by atoms with E-state index in [-0.39, 0.29) is 12.1 Å². The molecule has 0 bridgehead atoms. The van der Waals surface area contributed by atoms with Crippen molar-refractivity contribution in [2.24, 2.45) is 0 Å². The lowest BCUT2D eigenvalue weighted by Gasteiger charge is -2.25. The average molecular weight is 811 g/mol. The normalized spacial score (nSPS) is 10.3. The van der Waals surface area contributed by atoms with Crippen LogP contribution in [-0.4, -0.2) is 83.4 Å². The second kappa shape index (κ2) is 21.3. The minimum atomic E-state index is -0.340. The number of nitrogens with zero attached hydrogens (tertiary/aromatic N) is 2. The number of benzene rings is 3. The average Bonchev–Trinajstić information content (AvgIpc) is 3.86. The Morgan fingerprint density at radius 3 is 1.29 bits per heavy atom. The largest absolute Gasteiger partial charge is 0.462 e. The molecule has 0 unspecified atom stereocenters. The summed E-state index contributed by atoms with van der Waals surface area (Å²) in [6, 6.07) is 27.3. The first-order chi connectivity index (χ1) is 27.7. The van der Waals surface area contributed by atoms with E-state index in [1.54, 1.807) is 30.4 Å². The first kappa shape index (κ1) is 44.4. The molecule has 5 aromatic rings. The molecule has 0 saturated carbocycles. The van der Waals surface area contributed by atoms with Crippen molar-refractivity contribution in [1.29, 1.82) is 0 Å². The van der Waals surface area contributed by atoms with Crippen LogP contribution >= 0.6 is 22.7 Å². The van der Waals surface area contributed by atoms with Crippen molar-refractivity contribution in [3.63, 3.8) is 0 Å². The van der Waals surface area contributed by atoms with Crippen molar-refractivity contribution < 1.29 is 37.6 Å². The van der Waals surface area contributed by atoms with Crippen LogP contribution in [0.25, 0.3) is 0 Å². The summed E-state index contributed by atoms with van der Waals surface area (Å²) in [5.74, 6) is 27.2. The molecule has 5 rings (SSSR count). The van der Waals surface area contributed by atoms with Crippen LogP contribution in [0.1, 0.15) is 71.5 Å². The first-order valence-corrected chi connectivity index (χ1v) is 20.0. The van der Waals surface area contributed by atoms with Gasteiger partial charge in [-0.3, -0.25) is 8.97 Å². The number of hydrogen-bond acceptors (Lipinski definition) is 8. The number of quaternary nitrogens is 2. The summed E-state index contributed by atoms with van der Waals surface area (Å²) in [6.45, 7) is 5.15. The molecule has 0 saturated heterocycles. The molecule has 0 aliphatic rings. The number of hydrogen-bond donors (Lipinski definition) is 0. The Bertz CT molecular complexity index is 2480. The lowest BCUT2D eigenvalue weighted by Crippen LogP contribution is -2.38. The van der Waals surface area contributed by atoms with Gasteiger partial charge in [0.2, 0.25) is 13.5 Å². The molecule has 0 fully saturated rings. The van der Waals surface area contributed by atoms with E-state index >= 15 is 0 Å². The van der Waals surface area contributed by atoms with E-state index in [0.717, 1.165) is 42.6 Å². The summed E-state index contributed by atoms with van der Waals surface area (Å²) in [6.07, 6.45) is 1.26. The summed E-state index contributed by atoms with van der Waals surface area (Å²) in [5, 5.41) is 0. The number of aryl methyl sites for hydroxylation is 1. The number of ether oxygens (including phenoxy) is 3.